The van der Waals surface area contributed by atoms with Crippen LogP contribution < -0.4 is 5.73 Å². The van der Waals surface area contributed by atoms with E-state index in [9.17, 15) is 52.7 Å². The molecule has 0 radical (unpaired) electrons. The third-order valence-electron chi connectivity index (χ3n) is 4.36. The highest BCUT2D eigenvalue weighted by Crippen LogP contribution is 2.60. The number of allylic oxidation sites excluding steroid dienone is 1. The Balaban J connectivity index is 3.45. The molecule has 1 atom stereocenters. The highest BCUT2D eigenvalue weighted by molar-refractivity contribution is 5.62. The minimum atomic E-state index is -7.67. The number of aryl methyl sites for hydroxylation is 2. The smallest absolute Gasteiger partial charge is 0.398 e. The average Bonchev–Trinajstić information content (AvgIpc) is 2.56. The van der Waals surface area contributed by atoms with E-state index in [-0.39, 0.29) is 24.3 Å². The van der Waals surface area contributed by atoms with E-state index in [2.05, 4.69) is 0 Å². The van der Waals surface area contributed by atoms with Crippen LogP contribution in [-0.4, -0.2) is 35.5 Å². The molecular formula is C17H15F12N. The second kappa shape index (κ2) is 7.26. The van der Waals surface area contributed by atoms with Gasteiger partial charge in [0.15, 0.2) is 5.67 Å². The van der Waals surface area contributed by atoms with E-state index in [1.165, 1.54) is 26.0 Å². The van der Waals surface area contributed by atoms with Crippen molar-refractivity contribution in [2.24, 2.45) is 0 Å². The van der Waals surface area contributed by atoms with Gasteiger partial charge in [-0.05, 0) is 55.7 Å². The van der Waals surface area contributed by atoms with E-state index in [0.29, 0.717) is 17.2 Å². The van der Waals surface area contributed by atoms with E-state index < -0.39 is 35.5 Å². The van der Waals surface area contributed by atoms with Crippen LogP contribution in [0.1, 0.15) is 23.6 Å². The Kier molecular flexibility index (Phi) is 6.28. The predicted molar refractivity (Wildman–Crippen MR) is 84.7 cm³/mol. The molecule has 0 amide bonds. The number of hydrogen-bond donors (Lipinski definition) is 1. The Morgan fingerprint density at radius 2 is 1.03 bits per heavy atom. The highest BCUT2D eigenvalue weighted by Gasteiger charge is 2.89. The van der Waals surface area contributed by atoms with Crippen LogP contribution in [0, 0.1) is 13.8 Å². The number of alkyl halides is 12. The zero-order valence-electron chi connectivity index (χ0n) is 15.4. The van der Waals surface area contributed by atoms with Crippen molar-refractivity contribution >= 4 is 11.8 Å². The first-order chi connectivity index (χ1) is 13.0. The number of halogens is 12. The van der Waals surface area contributed by atoms with E-state index in [1.807, 2.05) is 0 Å². The van der Waals surface area contributed by atoms with E-state index in [1.54, 1.807) is 0 Å². The molecule has 2 N–H and O–H groups in total. The highest BCUT2D eigenvalue weighted by atomic mass is 19.4. The number of nitrogen functional groups attached to an aromatic ring is 1. The molecule has 172 valence electrons. The average molecular weight is 461 g/mol. The van der Waals surface area contributed by atoms with Crippen LogP contribution >= 0.6 is 0 Å². The third-order valence-corrected chi connectivity index (χ3v) is 4.36. The van der Waals surface area contributed by atoms with Crippen molar-refractivity contribution in [1.29, 1.82) is 0 Å². The van der Waals surface area contributed by atoms with Crippen LogP contribution in [-0.2, 0) is 0 Å². The first-order valence-corrected chi connectivity index (χ1v) is 7.87. The molecule has 1 unspecified atom stereocenters. The van der Waals surface area contributed by atoms with Gasteiger partial charge in [-0.2, -0.15) is 48.3 Å². The zero-order valence-corrected chi connectivity index (χ0v) is 15.4. The van der Waals surface area contributed by atoms with Crippen molar-refractivity contribution in [2.45, 2.75) is 56.3 Å². The maximum atomic E-state index is 14.3. The molecule has 0 heterocycles. The number of rotatable bonds is 6. The van der Waals surface area contributed by atoms with Crippen molar-refractivity contribution in [3.63, 3.8) is 0 Å². The van der Waals surface area contributed by atoms with Crippen molar-refractivity contribution in [3.05, 3.63) is 34.9 Å². The van der Waals surface area contributed by atoms with Crippen LogP contribution in [0.5, 0.6) is 0 Å². The van der Waals surface area contributed by atoms with Crippen molar-refractivity contribution < 1.29 is 52.7 Å². The Hall–Kier alpha value is -2.08. The Bertz CT molecular complexity index is 798. The summed E-state index contributed by atoms with van der Waals surface area (Å²) in [6.07, 6.45) is -7.20. The summed E-state index contributed by atoms with van der Waals surface area (Å²) in [4.78, 5) is 0. The summed E-state index contributed by atoms with van der Waals surface area (Å²) in [6, 6.07) is 2.36. The maximum absolute atomic E-state index is 14.3. The van der Waals surface area contributed by atoms with Crippen molar-refractivity contribution in [1.82, 2.24) is 0 Å². The topological polar surface area (TPSA) is 26.0 Å². The van der Waals surface area contributed by atoms with Crippen molar-refractivity contribution in [3.8, 4) is 0 Å². The summed E-state index contributed by atoms with van der Waals surface area (Å²) in [5, 5.41) is 0. The zero-order chi connectivity index (χ0) is 24.1. The molecule has 1 nitrogen and oxygen atoms in total. The number of anilines is 1. The fraction of sp³-hybridized carbons (Fsp3) is 0.529. The monoisotopic (exact) mass is 461 g/mol. The Morgan fingerprint density at radius 1 is 0.667 bits per heavy atom. The van der Waals surface area contributed by atoms with Crippen LogP contribution in [0.4, 0.5) is 58.4 Å². The molecule has 1 aromatic rings. The van der Waals surface area contributed by atoms with Crippen LogP contribution in [0.15, 0.2) is 18.2 Å². The molecule has 1 aromatic carbocycles. The molecular weight excluding hydrogens is 446 g/mol. The number of benzene rings is 1. The van der Waals surface area contributed by atoms with Gasteiger partial charge >= 0.3 is 29.9 Å². The quantitative estimate of drug-likeness (QED) is 0.369. The molecule has 0 aliphatic carbocycles. The molecule has 0 aliphatic heterocycles. The lowest BCUT2D eigenvalue weighted by molar-refractivity contribution is -0.429. The van der Waals surface area contributed by atoms with E-state index in [4.69, 9.17) is 5.73 Å². The molecule has 0 spiro atoms. The summed E-state index contributed by atoms with van der Waals surface area (Å²) >= 11 is 0. The summed E-state index contributed by atoms with van der Waals surface area (Å²) in [7, 11) is 0. The minimum absolute atomic E-state index is 0.102. The van der Waals surface area contributed by atoms with Gasteiger partial charge in [0.2, 0.25) is 0 Å². The molecule has 0 saturated heterocycles. The second-order valence-corrected chi connectivity index (χ2v) is 6.77. The van der Waals surface area contributed by atoms with E-state index >= 15 is 0 Å². The van der Waals surface area contributed by atoms with Gasteiger partial charge in [-0.15, -0.1) is 0 Å². The first-order valence-electron chi connectivity index (χ1n) is 7.87. The fourth-order valence-electron chi connectivity index (χ4n) is 2.34. The van der Waals surface area contributed by atoms with Crippen LogP contribution in [0.25, 0.3) is 6.08 Å². The van der Waals surface area contributed by atoms with Gasteiger partial charge in [0.25, 0.3) is 0 Å². The summed E-state index contributed by atoms with van der Waals surface area (Å²) in [6.45, 7) is 2.52. The van der Waals surface area contributed by atoms with Crippen molar-refractivity contribution in [2.75, 3.05) is 5.73 Å². The van der Waals surface area contributed by atoms with Crippen LogP contribution in [0.3, 0.4) is 0 Å². The Labute approximate surface area is 162 Å². The molecule has 0 aromatic heterocycles. The second-order valence-electron chi connectivity index (χ2n) is 6.77. The number of hydrogen-bond acceptors (Lipinski definition) is 1. The Morgan fingerprint density at radius 3 is 1.40 bits per heavy atom. The van der Waals surface area contributed by atoms with Gasteiger partial charge in [0.1, 0.15) is 0 Å². The maximum Gasteiger partial charge on any atom is 0.460 e. The molecule has 0 fully saturated rings. The van der Waals surface area contributed by atoms with E-state index in [0.717, 1.165) is 0 Å². The molecule has 0 bridgehead atoms. The molecule has 0 saturated carbocycles. The summed E-state index contributed by atoms with van der Waals surface area (Å²) in [5.74, 6) is -29.3. The van der Waals surface area contributed by atoms with Gasteiger partial charge in [0.05, 0.1) is 0 Å². The molecule has 1 rings (SSSR count). The lowest BCUT2D eigenvalue weighted by Gasteiger charge is -2.40. The predicted octanol–water partition coefficient (Wildman–Crippen LogP) is 6.73. The standard InChI is InChI=1S/C17H15F12N/c1-8-6-10(7-9(2)11(8)30)4-5-12(3,18)13(19,20)14(21,22)15(23,24)16(25,26)17(27,28)29/h4-7H,30H2,1-3H3/b5-4+. The molecule has 30 heavy (non-hydrogen) atoms. The fourth-order valence-corrected chi connectivity index (χ4v) is 2.34. The molecule has 13 heteroatoms. The van der Waals surface area contributed by atoms with Gasteiger partial charge < -0.3 is 5.73 Å². The summed E-state index contributed by atoms with van der Waals surface area (Å²) < 4.78 is 158. The van der Waals surface area contributed by atoms with Gasteiger partial charge in [0, 0.05) is 5.69 Å². The normalized spacial score (nSPS) is 16.8. The van der Waals surface area contributed by atoms with Gasteiger partial charge in [-0.3, -0.25) is 0 Å². The lowest BCUT2D eigenvalue weighted by atomic mass is 9.87. The van der Waals surface area contributed by atoms with Crippen LogP contribution in [0.2, 0.25) is 0 Å². The van der Waals surface area contributed by atoms with Gasteiger partial charge in [-0.25, -0.2) is 4.39 Å². The SMILES string of the molecule is Cc1cc(/C=C/C(C)(F)C(F)(F)C(F)(F)C(F)(F)C(F)(F)C(F)(F)F)cc(C)c1N. The lowest BCUT2D eigenvalue weighted by Crippen LogP contribution is -2.70. The minimum Gasteiger partial charge on any atom is -0.398 e. The largest absolute Gasteiger partial charge is 0.460 e. The summed E-state index contributed by atoms with van der Waals surface area (Å²) in [5.41, 5.74) is 1.71. The number of nitrogens with two attached hydrogens (primary N) is 1. The third kappa shape index (κ3) is 3.82. The van der Waals surface area contributed by atoms with Gasteiger partial charge in [-0.1, -0.05) is 6.08 Å². The molecule has 0 aliphatic rings. The first kappa shape index (κ1) is 26.0.